The van der Waals surface area contributed by atoms with Gasteiger partial charge in [0.2, 0.25) is 0 Å². The summed E-state index contributed by atoms with van der Waals surface area (Å²) in [6, 6.07) is 17.9. The molecule has 0 aromatic heterocycles. The van der Waals surface area contributed by atoms with E-state index < -0.39 is 0 Å². The highest BCUT2D eigenvalue weighted by atomic mass is 16.5. The van der Waals surface area contributed by atoms with Crippen molar-refractivity contribution in [1.82, 2.24) is 5.43 Å². The Hall–Kier alpha value is -2.44. The third-order valence-corrected chi connectivity index (χ3v) is 3.00. The minimum Gasteiger partial charge on any atom is -0.497 e. The molecule has 0 spiro atoms. The van der Waals surface area contributed by atoms with E-state index in [0.717, 1.165) is 17.0 Å². The third kappa shape index (κ3) is 3.78. The lowest BCUT2D eigenvalue weighted by molar-refractivity contribution is 0.414. The van der Waals surface area contributed by atoms with Crippen molar-refractivity contribution in [1.29, 1.82) is 0 Å². The Bertz CT molecular complexity index is 558. The van der Waals surface area contributed by atoms with Gasteiger partial charge in [-0.05, 0) is 29.8 Å². The van der Waals surface area contributed by atoms with Gasteiger partial charge in [-0.15, -0.1) is 12.3 Å². The first kappa shape index (κ1) is 14.0. The van der Waals surface area contributed by atoms with E-state index in [4.69, 9.17) is 11.2 Å². The van der Waals surface area contributed by atoms with Gasteiger partial charge in [-0.3, -0.25) is 0 Å². The summed E-state index contributed by atoms with van der Waals surface area (Å²) < 4.78 is 5.16. The van der Waals surface area contributed by atoms with E-state index in [1.54, 1.807) is 7.11 Å². The summed E-state index contributed by atoms with van der Waals surface area (Å²) in [5, 5.41) is 0. The highest BCUT2D eigenvalue weighted by Crippen LogP contribution is 2.20. The number of hydrogen-bond acceptors (Lipinski definition) is 3. The molecule has 3 nitrogen and oxygen atoms in total. The predicted octanol–water partition coefficient (Wildman–Crippen LogP) is 3.38. The van der Waals surface area contributed by atoms with Crippen LogP contribution in [0.4, 0.5) is 5.69 Å². The van der Waals surface area contributed by atoms with Gasteiger partial charge < -0.3 is 10.2 Å². The molecule has 2 aromatic rings. The van der Waals surface area contributed by atoms with Crippen molar-refractivity contribution >= 4 is 5.69 Å². The molecule has 3 heteroatoms. The average molecular weight is 266 g/mol. The zero-order chi connectivity index (χ0) is 14.2. The van der Waals surface area contributed by atoms with E-state index in [-0.39, 0.29) is 6.04 Å². The number of para-hydroxylation sites is 1. The summed E-state index contributed by atoms with van der Waals surface area (Å²) >= 11 is 0. The second-order valence-electron chi connectivity index (χ2n) is 4.37. The topological polar surface area (TPSA) is 33.3 Å². The summed E-state index contributed by atoms with van der Waals surface area (Å²) in [5.41, 5.74) is 8.56. The maximum atomic E-state index is 5.45. The van der Waals surface area contributed by atoms with Gasteiger partial charge in [-0.25, -0.2) is 5.43 Å². The van der Waals surface area contributed by atoms with Crippen LogP contribution in [0, 0.1) is 12.3 Å². The van der Waals surface area contributed by atoms with E-state index in [1.165, 1.54) is 0 Å². The molecule has 2 N–H and O–H groups in total. The van der Waals surface area contributed by atoms with Gasteiger partial charge in [0.25, 0.3) is 0 Å². The van der Waals surface area contributed by atoms with Crippen molar-refractivity contribution in [2.45, 2.75) is 12.5 Å². The fourth-order valence-corrected chi connectivity index (χ4v) is 1.90. The number of anilines is 1. The summed E-state index contributed by atoms with van der Waals surface area (Å²) in [4.78, 5) is 0. The van der Waals surface area contributed by atoms with Crippen LogP contribution in [0.25, 0.3) is 0 Å². The Morgan fingerprint density at radius 1 is 1.10 bits per heavy atom. The molecular formula is C17H18N2O. The summed E-state index contributed by atoms with van der Waals surface area (Å²) in [5.74, 6) is 3.53. The van der Waals surface area contributed by atoms with Crippen molar-refractivity contribution in [3.8, 4) is 18.1 Å². The molecular weight excluding hydrogens is 248 g/mol. The Balaban J connectivity index is 2.04. The number of nitrogens with one attached hydrogen (secondary N) is 2. The smallest absolute Gasteiger partial charge is 0.118 e. The van der Waals surface area contributed by atoms with Gasteiger partial charge in [-0.2, -0.15) is 0 Å². The zero-order valence-electron chi connectivity index (χ0n) is 11.5. The van der Waals surface area contributed by atoms with Crippen molar-refractivity contribution in [2.24, 2.45) is 0 Å². The molecule has 0 amide bonds. The van der Waals surface area contributed by atoms with E-state index in [9.17, 15) is 0 Å². The monoisotopic (exact) mass is 266 g/mol. The summed E-state index contributed by atoms with van der Waals surface area (Å²) in [7, 11) is 1.66. The number of rotatable bonds is 6. The normalized spacial score (nSPS) is 11.4. The molecule has 0 fully saturated rings. The predicted molar refractivity (Wildman–Crippen MR) is 82.4 cm³/mol. The molecule has 2 rings (SSSR count). The molecule has 102 valence electrons. The van der Waals surface area contributed by atoms with Crippen LogP contribution in [0.3, 0.4) is 0 Å². The van der Waals surface area contributed by atoms with Crippen LogP contribution >= 0.6 is 0 Å². The number of hydrogen-bond donors (Lipinski definition) is 2. The molecule has 0 heterocycles. The largest absolute Gasteiger partial charge is 0.497 e. The van der Waals surface area contributed by atoms with E-state index in [2.05, 4.69) is 16.8 Å². The molecule has 1 unspecified atom stereocenters. The first-order chi connectivity index (χ1) is 9.83. The SMILES string of the molecule is C#CCC(NNc1ccccc1)c1ccc(OC)cc1. The molecule has 20 heavy (non-hydrogen) atoms. The van der Waals surface area contributed by atoms with Crippen LogP contribution in [0.5, 0.6) is 5.75 Å². The fourth-order valence-electron chi connectivity index (χ4n) is 1.90. The summed E-state index contributed by atoms with van der Waals surface area (Å²) in [6.07, 6.45) is 6.05. The van der Waals surface area contributed by atoms with E-state index in [1.807, 2.05) is 54.6 Å². The highest BCUT2D eigenvalue weighted by molar-refractivity contribution is 5.41. The Labute approximate surface area is 119 Å². The number of methoxy groups -OCH3 is 1. The minimum atomic E-state index is 0.0473. The van der Waals surface area contributed by atoms with Crippen molar-refractivity contribution in [3.63, 3.8) is 0 Å². The highest BCUT2D eigenvalue weighted by Gasteiger charge is 2.09. The van der Waals surface area contributed by atoms with Crippen LogP contribution < -0.4 is 15.6 Å². The quantitative estimate of drug-likeness (QED) is 0.621. The van der Waals surface area contributed by atoms with Gasteiger partial charge in [0.1, 0.15) is 5.75 Å². The number of terminal acetylenes is 1. The average Bonchev–Trinajstić information content (AvgIpc) is 2.52. The Kier molecular flexibility index (Phi) is 5.05. The van der Waals surface area contributed by atoms with Gasteiger partial charge in [0.05, 0.1) is 13.2 Å². The van der Waals surface area contributed by atoms with Crippen molar-refractivity contribution in [3.05, 3.63) is 60.2 Å². The van der Waals surface area contributed by atoms with Crippen LogP contribution in [-0.2, 0) is 0 Å². The Morgan fingerprint density at radius 2 is 1.80 bits per heavy atom. The van der Waals surface area contributed by atoms with Gasteiger partial charge in [0.15, 0.2) is 0 Å². The maximum absolute atomic E-state index is 5.45. The van der Waals surface area contributed by atoms with Crippen LogP contribution in [0.15, 0.2) is 54.6 Å². The molecule has 0 saturated heterocycles. The molecule has 0 radical (unpaired) electrons. The van der Waals surface area contributed by atoms with E-state index >= 15 is 0 Å². The lowest BCUT2D eigenvalue weighted by Gasteiger charge is -2.18. The van der Waals surface area contributed by atoms with Gasteiger partial charge in [0, 0.05) is 12.1 Å². The molecule has 0 bridgehead atoms. The zero-order valence-corrected chi connectivity index (χ0v) is 11.5. The van der Waals surface area contributed by atoms with Crippen LogP contribution in [0.2, 0.25) is 0 Å². The number of hydrazine groups is 1. The van der Waals surface area contributed by atoms with Gasteiger partial charge in [-0.1, -0.05) is 30.3 Å². The molecule has 2 aromatic carbocycles. The van der Waals surface area contributed by atoms with Crippen LogP contribution in [-0.4, -0.2) is 7.11 Å². The second kappa shape index (κ2) is 7.22. The summed E-state index contributed by atoms with van der Waals surface area (Å²) in [6.45, 7) is 0. The number of benzene rings is 2. The molecule has 0 aliphatic heterocycles. The molecule has 1 atom stereocenters. The lowest BCUT2D eigenvalue weighted by atomic mass is 10.0. The first-order valence-electron chi connectivity index (χ1n) is 6.47. The van der Waals surface area contributed by atoms with Crippen LogP contribution in [0.1, 0.15) is 18.0 Å². The Morgan fingerprint density at radius 3 is 2.40 bits per heavy atom. The standard InChI is InChI=1S/C17H18N2O/c1-3-7-17(14-10-12-16(20-2)13-11-14)19-18-15-8-5-4-6-9-15/h1,4-6,8-13,17-19H,7H2,2H3. The number of ether oxygens (including phenoxy) is 1. The molecule has 0 aliphatic carbocycles. The van der Waals surface area contributed by atoms with Crippen molar-refractivity contribution < 1.29 is 4.74 Å². The van der Waals surface area contributed by atoms with Crippen molar-refractivity contribution in [2.75, 3.05) is 12.5 Å². The molecule has 0 aliphatic rings. The van der Waals surface area contributed by atoms with E-state index in [0.29, 0.717) is 6.42 Å². The maximum Gasteiger partial charge on any atom is 0.118 e. The fraction of sp³-hybridized carbons (Fsp3) is 0.176. The third-order valence-electron chi connectivity index (χ3n) is 3.00. The molecule has 0 saturated carbocycles. The minimum absolute atomic E-state index is 0.0473. The second-order valence-corrected chi connectivity index (χ2v) is 4.37. The van der Waals surface area contributed by atoms with Gasteiger partial charge >= 0.3 is 0 Å². The first-order valence-corrected chi connectivity index (χ1v) is 6.47. The lowest BCUT2D eigenvalue weighted by Crippen LogP contribution is -2.27.